The van der Waals surface area contributed by atoms with Gasteiger partial charge in [0, 0.05) is 5.46 Å². The number of carboxylic acid groups (broad SMARTS) is 1. The van der Waals surface area contributed by atoms with Crippen LogP contribution in [0.1, 0.15) is 10.4 Å². The van der Waals surface area contributed by atoms with Crippen LogP contribution >= 0.6 is 0 Å². The Kier molecular flexibility index (Phi) is 4.60. The van der Waals surface area contributed by atoms with Gasteiger partial charge in [0.15, 0.2) is 0 Å². The van der Waals surface area contributed by atoms with Crippen molar-refractivity contribution in [3.63, 3.8) is 0 Å². The minimum Gasteiger partial charge on any atom is -0.478 e. The normalized spacial score (nSPS) is 8.84. The van der Waals surface area contributed by atoms with Crippen molar-refractivity contribution in [2.45, 2.75) is 0 Å². The maximum absolute atomic E-state index is 10.8. The van der Waals surface area contributed by atoms with Gasteiger partial charge in [0.25, 0.3) is 0 Å². The molecule has 0 saturated heterocycles. The van der Waals surface area contributed by atoms with Gasteiger partial charge in [-0.15, -0.1) is 0 Å². The number of carbonyl (C=O) groups is 1. The fraction of sp³-hybridized carbons (Fsp3) is 0. The maximum atomic E-state index is 10.8. The van der Waals surface area contributed by atoms with Crippen molar-refractivity contribution in [1.29, 1.82) is 10.5 Å². The fourth-order valence-corrected chi connectivity index (χ4v) is 1.20. The Balaban J connectivity index is 3.20. The molecule has 0 spiro atoms. The Morgan fingerprint density at radius 2 is 1.95 bits per heavy atom. The highest BCUT2D eigenvalue weighted by Crippen LogP contribution is 2.09. The zero-order chi connectivity index (χ0) is 14.4. The Morgan fingerprint density at radius 1 is 1.32 bits per heavy atom. The van der Waals surface area contributed by atoms with E-state index in [-0.39, 0.29) is 16.7 Å². The number of benzene rings is 1. The summed E-state index contributed by atoms with van der Waals surface area (Å²) in [6, 6.07) is 6.46. The van der Waals surface area contributed by atoms with E-state index in [0.717, 1.165) is 6.07 Å². The molecule has 4 N–H and O–H groups in total. The summed E-state index contributed by atoms with van der Waals surface area (Å²) in [7, 11) is -1.85. The molecule has 94 valence electrons. The molecule has 0 radical (unpaired) electrons. The smallest absolute Gasteiger partial charge is 0.478 e. The lowest BCUT2D eigenvalue weighted by molar-refractivity contribution is 0.0697. The summed E-state index contributed by atoms with van der Waals surface area (Å²) in [4.78, 5) is 10.8. The highest BCUT2D eigenvalue weighted by atomic mass is 16.4. The molecule has 0 amide bonds. The molecule has 0 unspecified atom stereocenters. The van der Waals surface area contributed by atoms with Gasteiger partial charge in [0.2, 0.25) is 5.71 Å². The van der Waals surface area contributed by atoms with Gasteiger partial charge in [0.05, 0.1) is 11.3 Å². The van der Waals surface area contributed by atoms with Crippen molar-refractivity contribution < 1.29 is 19.9 Å². The van der Waals surface area contributed by atoms with Crippen LogP contribution in [-0.2, 0) is 0 Å². The third-order valence-corrected chi connectivity index (χ3v) is 2.08. The molecule has 8 nitrogen and oxygen atoms in total. The number of carboxylic acids is 1. The van der Waals surface area contributed by atoms with Gasteiger partial charge in [-0.2, -0.15) is 15.6 Å². The van der Waals surface area contributed by atoms with Gasteiger partial charge >= 0.3 is 13.1 Å². The minimum absolute atomic E-state index is 0.0297. The maximum Gasteiger partial charge on any atom is 0.490 e. The highest BCUT2D eigenvalue weighted by molar-refractivity contribution is 6.60. The summed E-state index contributed by atoms with van der Waals surface area (Å²) in [5.41, 5.74) is 1.58. The molecule has 0 aliphatic carbocycles. The Hall–Kier alpha value is -2.88. The van der Waals surface area contributed by atoms with Crippen LogP contribution in [-0.4, -0.2) is 34.0 Å². The molecule has 1 aromatic carbocycles. The monoisotopic (exact) mass is 258 g/mol. The largest absolute Gasteiger partial charge is 0.490 e. The van der Waals surface area contributed by atoms with Crippen molar-refractivity contribution in [3.8, 4) is 12.1 Å². The van der Waals surface area contributed by atoms with Crippen molar-refractivity contribution >= 4 is 29.9 Å². The molecule has 0 heterocycles. The summed E-state index contributed by atoms with van der Waals surface area (Å²) >= 11 is 0. The van der Waals surface area contributed by atoms with E-state index in [1.807, 2.05) is 0 Å². The molecule has 0 fully saturated rings. The zero-order valence-electron chi connectivity index (χ0n) is 9.40. The summed E-state index contributed by atoms with van der Waals surface area (Å²) < 4.78 is 0. The van der Waals surface area contributed by atoms with E-state index in [9.17, 15) is 4.79 Å². The predicted molar refractivity (Wildman–Crippen MR) is 65.5 cm³/mol. The molecule has 19 heavy (non-hydrogen) atoms. The van der Waals surface area contributed by atoms with Crippen LogP contribution in [0.4, 0.5) is 5.69 Å². The third-order valence-electron chi connectivity index (χ3n) is 2.08. The van der Waals surface area contributed by atoms with Crippen molar-refractivity contribution in [2.24, 2.45) is 5.10 Å². The summed E-state index contributed by atoms with van der Waals surface area (Å²) in [5, 5.41) is 47.4. The number of nitriles is 2. The van der Waals surface area contributed by atoms with Gasteiger partial charge in [-0.3, -0.25) is 5.43 Å². The van der Waals surface area contributed by atoms with Gasteiger partial charge < -0.3 is 15.2 Å². The lowest BCUT2D eigenvalue weighted by Crippen LogP contribution is -2.32. The van der Waals surface area contributed by atoms with E-state index >= 15 is 0 Å². The molecule has 9 heteroatoms. The lowest BCUT2D eigenvalue weighted by Gasteiger charge is -2.08. The number of hydrazone groups is 1. The van der Waals surface area contributed by atoms with Crippen molar-refractivity contribution in [1.82, 2.24) is 0 Å². The summed E-state index contributed by atoms with van der Waals surface area (Å²) in [6.45, 7) is 0. The van der Waals surface area contributed by atoms with E-state index in [4.69, 9.17) is 25.7 Å². The number of hydrogen-bond donors (Lipinski definition) is 4. The molecule has 0 aliphatic rings. The molecule has 0 atom stereocenters. The second-order valence-electron chi connectivity index (χ2n) is 3.28. The summed E-state index contributed by atoms with van der Waals surface area (Å²) in [6.07, 6.45) is 0. The molecule has 0 bridgehead atoms. The number of nitrogens with zero attached hydrogens (tertiary/aromatic N) is 3. The van der Waals surface area contributed by atoms with Crippen LogP contribution in [0.3, 0.4) is 0 Å². The van der Waals surface area contributed by atoms with Crippen LogP contribution in [0.15, 0.2) is 23.3 Å². The molecule has 1 aromatic rings. The van der Waals surface area contributed by atoms with Crippen molar-refractivity contribution in [2.75, 3.05) is 5.43 Å². The van der Waals surface area contributed by atoms with E-state index in [1.54, 1.807) is 0 Å². The number of hydrogen-bond acceptors (Lipinski definition) is 7. The van der Waals surface area contributed by atoms with Gasteiger partial charge in [-0.05, 0) is 12.1 Å². The third kappa shape index (κ3) is 3.54. The Morgan fingerprint density at radius 3 is 2.42 bits per heavy atom. The first-order chi connectivity index (χ1) is 8.99. The van der Waals surface area contributed by atoms with Crippen molar-refractivity contribution in [3.05, 3.63) is 23.8 Å². The molecule has 0 saturated carbocycles. The van der Waals surface area contributed by atoms with Crippen LogP contribution in [0.2, 0.25) is 0 Å². The molecule has 0 aliphatic heterocycles. The van der Waals surface area contributed by atoms with E-state index in [1.165, 1.54) is 24.3 Å². The van der Waals surface area contributed by atoms with E-state index < -0.39 is 18.8 Å². The average molecular weight is 258 g/mol. The van der Waals surface area contributed by atoms with Crippen LogP contribution in [0.25, 0.3) is 0 Å². The average Bonchev–Trinajstić information content (AvgIpc) is 2.39. The molecule has 0 aromatic heterocycles. The second kappa shape index (κ2) is 6.16. The molecular weight excluding hydrogens is 251 g/mol. The lowest BCUT2D eigenvalue weighted by atomic mass is 9.78. The quantitative estimate of drug-likeness (QED) is 0.303. The number of aromatic carboxylic acids is 1. The number of rotatable bonds is 4. The summed E-state index contributed by atoms with van der Waals surface area (Å²) in [5.74, 6) is -1.22. The first-order valence-electron chi connectivity index (χ1n) is 4.87. The number of anilines is 1. The van der Waals surface area contributed by atoms with Gasteiger partial charge in [-0.1, -0.05) is 6.07 Å². The first-order valence-corrected chi connectivity index (χ1v) is 4.87. The highest BCUT2D eigenvalue weighted by Gasteiger charge is 2.18. The standard InChI is InChI=1S/C10H7BN4O4/c12-4-7(5-13)14-15-9-3-6(10(16)17)1-2-8(9)11(18)19/h1-3,15,18-19H,(H,16,17). The van der Waals surface area contributed by atoms with Gasteiger partial charge in [-0.25, -0.2) is 4.79 Å². The zero-order valence-corrected chi connectivity index (χ0v) is 9.40. The van der Waals surface area contributed by atoms with Gasteiger partial charge in [0.1, 0.15) is 12.1 Å². The second-order valence-corrected chi connectivity index (χ2v) is 3.28. The predicted octanol–water partition coefficient (Wildman–Crippen LogP) is -1.12. The fourth-order valence-electron chi connectivity index (χ4n) is 1.20. The number of nitrogens with one attached hydrogen (secondary N) is 1. The van der Waals surface area contributed by atoms with Crippen LogP contribution < -0.4 is 10.9 Å². The SMILES string of the molecule is N#CC(C#N)=NNc1cc(C(=O)O)ccc1B(O)O. The van der Waals surface area contributed by atoms with E-state index in [0.29, 0.717) is 0 Å². The molecular formula is C10H7BN4O4. The molecule has 1 rings (SSSR count). The van der Waals surface area contributed by atoms with Crippen LogP contribution in [0.5, 0.6) is 0 Å². The Labute approximate surface area is 108 Å². The minimum atomic E-state index is -1.85. The Bertz CT molecular complexity index is 599. The first kappa shape index (κ1) is 14.2. The van der Waals surface area contributed by atoms with Crippen LogP contribution in [0, 0.1) is 22.7 Å². The topological polar surface area (TPSA) is 150 Å². The van der Waals surface area contributed by atoms with E-state index in [2.05, 4.69) is 10.5 Å².